The van der Waals surface area contributed by atoms with E-state index in [1.54, 1.807) is 32.4 Å². The van der Waals surface area contributed by atoms with Crippen LogP contribution in [0.5, 0.6) is 17.2 Å². The summed E-state index contributed by atoms with van der Waals surface area (Å²) < 4.78 is 16.7. The normalized spacial score (nSPS) is 11.7. The molecule has 3 rings (SSSR count). The summed E-state index contributed by atoms with van der Waals surface area (Å²) in [6.45, 7) is 0.876. The Labute approximate surface area is 189 Å². The Kier molecular flexibility index (Phi) is 8.11. The summed E-state index contributed by atoms with van der Waals surface area (Å²) in [4.78, 5) is 14.9. The zero-order chi connectivity index (χ0) is 22.9. The number of hydrogen-bond donors (Lipinski definition) is 1. The van der Waals surface area contributed by atoms with Crippen molar-refractivity contribution < 1.29 is 19.0 Å². The summed E-state index contributed by atoms with van der Waals surface area (Å²) in [7, 11) is 7.18. The fraction of sp³-hybridized carbons (Fsp3) is 0.269. The summed E-state index contributed by atoms with van der Waals surface area (Å²) >= 11 is 0. The minimum Gasteiger partial charge on any atom is -0.497 e. The Balaban J connectivity index is 1.67. The van der Waals surface area contributed by atoms with Crippen LogP contribution in [0.15, 0.2) is 72.8 Å². The first-order valence-corrected chi connectivity index (χ1v) is 10.4. The highest BCUT2D eigenvalue weighted by atomic mass is 16.5. The van der Waals surface area contributed by atoms with Gasteiger partial charge in [-0.2, -0.15) is 0 Å². The Morgan fingerprint density at radius 3 is 2.38 bits per heavy atom. The van der Waals surface area contributed by atoms with Crippen molar-refractivity contribution in [3.05, 3.63) is 89.5 Å². The van der Waals surface area contributed by atoms with Crippen molar-refractivity contribution in [2.45, 2.75) is 12.6 Å². The molecule has 0 bridgehead atoms. The van der Waals surface area contributed by atoms with Crippen molar-refractivity contribution in [2.24, 2.45) is 0 Å². The summed E-state index contributed by atoms with van der Waals surface area (Å²) in [5.74, 6) is 1.73. The van der Waals surface area contributed by atoms with Crippen LogP contribution in [0, 0.1) is 0 Å². The average Bonchev–Trinajstić information content (AvgIpc) is 2.83. The average molecular weight is 435 g/mol. The third-order valence-electron chi connectivity index (χ3n) is 5.22. The SMILES string of the molecule is COc1cccc([C@@H](CNC(=O)c2ccc(OCc3ccccc3)c(OC)c2)N(C)C)c1. The van der Waals surface area contributed by atoms with E-state index in [1.165, 1.54) is 0 Å². The molecule has 1 atom stereocenters. The Morgan fingerprint density at radius 1 is 0.906 bits per heavy atom. The molecule has 6 nitrogen and oxygen atoms in total. The summed E-state index contributed by atoms with van der Waals surface area (Å²) in [6.07, 6.45) is 0. The quantitative estimate of drug-likeness (QED) is 0.515. The van der Waals surface area contributed by atoms with Gasteiger partial charge in [0, 0.05) is 12.1 Å². The number of ether oxygens (including phenoxy) is 3. The van der Waals surface area contributed by atoms with Crippen molar-refractivity contribution in [2.75, 3.05) is 34.9 Å². The summed E-state index contributed by atoms with van der Waals surface area (Å²) in [5.41, 5.74) is 2.64. The topological polar surface area (TPSA) is 60.0 Å². The predicted octanol–water partition coefficient (Wildman–Crippen LogP) is 4.32. The molecule has 0 aliphatic rings. The molecular weight excluding hydrogens is 404 g/mol. The number of carbonyl (C=O) groups excluding carboxylic acids is 1. The fourth-order valence-electron chi connectivity index (χ4n) is 3.40. The van der Waals surface area contributed by atoms with E-state index in [4.69, 9.17) is 14.2 Å². The van der Waals surface area contributed by atoms with Crippen LogP contribution >= 0.6 is 0 Å². The molecular formula is C26H30N2O4. The lowest BCUT2D eigenvalue weighted by atomic mass is 10.1. The second-order valence-corrected chi connectivity index (χ2v) is 7.61. The summed E-state index contributed by atoms with van der Waals surface area (Å²) in [6, 6.07) is 23.0. The fourth-order valence-corrected chi connectivity index (χ4v) is 3.40. The number of likely N-dealkylation sites (N-methyl/N-ethyl adjacent to an activating group) is 1. The maximum atomic E-state index is 12.8. The van der Waals surface area contributed by atoms with Gasteiger partial charge < -0.3 is 24.4 Å². The molecule has 0 heterocycles. The molecule has 0 unspecified atom stereocenters. The van der Waals surface area contributed by atoms with Crippen molar-refractivity contribution in [1.82, 2.24) is 10.2 Å². The van der Waals surface area contributed by atoms with E-state index in [-0.39, 0.29) is 11.9 Å². The van der Waals surface area contributed by atoms with Gasteiger partial charge in [-0.05, 0) is 55.6 Å². The van der Waals surface area contributed by atoms with Gasteiger partial charge in [-0.1, -0.05) is 42.5 Å². The molecule has 0 spiro atoms. The van der Waals surface area contributed by atoms with Crippen molar-refractivity contribution in [3.8, 4) is 17.2 Å². The molecule has 1 amide bonds. The van der Waals surface area contributed by atoms with Gasteiger partial charge in [0.05, 0.1) is 20.3 Å². The van der Waals surface area contributed by atoms with Gasteiger partial charge in [0.25, 0.3) is 5.91 Å². The molecule has 0 aromatic heterocycles. The van der Waals surface area contributed by atoms with Gasteiger partial charge in [0.1, 0.15) is 12.4 Å². The number of amides is 1. The third kappa shape index (κ3) is 6.02. The van der Waals surface area contributed by atoms with Crippen LogP contribution in [0.4, 0.5) is 0 Å². The maximum Gasteiger partial charge on any atom is 0.251 e. The highest BCUT2D eigenvalue weighted by Crippen LogP contribution is 2.29. The lowest BCUT2D eigenvalue weighted by Crippen LogP contribution is -2.34. The Morgan fingerprint density at radius 2 is 1.69 bits per heavy atom. The molecule has 0 saturated carbocycles. The molecule has 0 saturated heterocycles. The van der Waals surface area contributed by atoms with Crippen LogP contribution in [-0.2, 0) is 6.61 Å². The van der Waals surface area contributed by atoms with Gasteiger partial charge >= 0.3 is 0 Å². The van der Waals surface area contributed by atoms with Crippen LogP contribution in [0.1, 0.15) is 27.5 Å². The first-order chi connectivity index (χ1) is 15.5. The number of carbonyl (C=O) groups is 1. The van der Waals surface area contributed by atoms with E-state index in [9.17, 15) is 4.79 Å². The monoisotopic (exact) mass is 434 g/mol. The maximum absolute atomic E-state index is 12.8. The van der Waals surface area contributed by atoms with Crippen molar-refractivity contribution in [3.63, 3.8) is 0 Å². The molecule has 0 radical (unpaired) electrons. The van der Waals surface area contributed by atoms with Crippen molar-refractivity contribution >= 4 is 5.91 Å². The van der Waals surface area contributed by atoms with E-state index < -0.39 is 0 Å². The van der Waals surface area contributed by atoms with Gasteiger partial charge in [-0.15, -0.1) is 0 Å². The number of nitrogens with zero attached hydrogens (tertiary/aromatic N) is 1. The molecule has 32 heavy (non-hydrogen) atoms. The van der Waals surface area contributed by atoms with Crippen LogP contribution in [0.3, 0.4) is 0 Å². The smallest absolute Gasteiger partial charge is 0.251 e. The Hall–Kier alpha value is -3.51. The van der Waals surface area contributed by atoms with E-state index >= 15 is 0 Å². The molecule has 3 aromatic rings. The second-order valence-electron chi connectivity index (χ2n) is 7.61. The number of hydrogen-bond acceptors (Lipinski definition) is 5. The van der Waals surface area contributed by atoms with Gasteiger partial charge in [0.2, 0.25) is 0 Å². The minimum absolute atomic E-state index is 0.00410. The molecule has 1 N–H and O–H groups in total. The lowest BCUT2D eigenvalue weighted by molar-refractivity contribution is 0.0941. The lowest BCUT2D eigenvalue weighted by Gasteiger charge is -2.25. The van der Waals surface area contributed by atoms with E-state index in [2.05, 4.69) is 10.2 Å². The standard InChI is InChI=1S/C26H30N2O4/c1-28(2)23(20-11-8-12-22(15-20)30-3)17-27-26(29)21-13-14-24(25(16-21)31-4)32-18-19-9-6-5-7-10-19/h5-16,23H,17-18H2,1-4H3,(H,27,29)/t23-/m1/s1. The number of methoxy groups -OCH3 is 2. The van der Waals surface area contributed by atoms with Gasteiger partial charge in [0.15, 0.2) is 11.5 Å². The number of nitrogens with one attached hydrogen (secondary N) is 1. The van der Waals surface area contributed by atoms with Crippen molar-refractivity contribution in [1.29, 1.82) is 0 Å². The largest absolute Gasteiger partial charge is 0.497 e. The zero-order valence-electron chi connectivity index (χ0n) is 19.0. The molecule has 0 fully saturated rings. The van der Waals surface area contributed by atoms with E-state index in [0.717, 1.165) is 16.9 Å². The van der Waals surface area contributed by atoms with Gasteiger partial charge in [-0.25, -0.2) is 0 Å². The van der Waals surface area contributed by atoms with E-state index in [1.807, 2.05) is 68.7 Å². The molecule has 0 aliphatic carbocycles. The zero-order valence-corrected chi connectivity index (χ0v) is 19.0. The molecule has 0 aliphatic heterocycles. The Bertz CT molecular complexity index is 1020. The second kappa shape index (κ2) is 11.2. The molecule has 168 valence electrons. The first-order valence-electron chi connectivity index (χ1n) is 10.4. The highest BCUT2D eigenvalue weighted by molar-refractivity contribution is 5.94. The highest BCUT2D eigenvalue weighted by Gasteiger charge is 2.17. The summed E-state index contributed by atoms with van der Waals surface area (Å²) in [5, 5.41) is 3.03. The minimum atomic E-state index is -0.173. The van der Waals surface area contributed by atoms with Gasteiger partial charge in [-0.3, -0.25) is 4.79 Å². The number of rotatable bonds is 10. The van der Waals surface area contributed by atoms with Crippen LogP contribution in [-0.4, -0.2) is 45.7 Å². The molecule has 3 aromatic carbocycles. The van der Waals surface area contributed by atoms with Crippen LogP contribution in [0.2, 0.25) is 0 Å². The predicted molar refractivity (Wildman–Crippen MR) is 126 cm³/mol. The molecule has 6 heteroatoms. The van der Waals surface area contributed by atoms with Crippen LogP contribution < -0.4 is 19.5 Å². The van der Waals surface area contributed by atoms with E-state index in [0.29, 0.717) is 30.2 Å². The van der Waals surface area contributed by atoms with Crippen LogP contribution in [0.25, 0.3) is 0 Å². The first kappa shape index (κ1) is 23.2. The number of benzene rings is 3. The third-order valence-corrected chi connectivity index (χ3v) is 5.22.